The van der Waals surface area contributed by atoms with E-state index in [4.69, 9.17) is 10.8 Å². The first-order chi connectivity index (χ1) is 6.49. The smallest absolute Gasteiger partial charge is 0.326 e. The quantitative estimate of drug-likeness (QED) is 0.476. The highest BCUT2D eigenvalue weighted by Crippen LogP contribution is 2.00. The van der Waals surface area contributed by atoms with Crippen molar-refractivity contribution in [2.24, 2.45) is 11.7 Å². The van der Waals surface area contributed by atoms with Crippen LogP contribution in [0.25, 0.3) is 0 Å². The van der Waals surface area contributed by atoms with Gasteiger partial charge in [0.15, 0.2) is 0 Å². The van der Waals surface area contributed by atoms with Gasteiger partial charge in [-0.1, -0.05) is 13.8 Å². The maximum absolute atomic E-state index is 11.1. The van der Waals surface area contributed by atoms with E-state index in [0.717, 1.165) is 0 Å². The molecular weight excluding hydrogens is 186 g/mol. The largest absolute Gasteiger partial charge is 0.480 e. The molecule has 0 aromatic rings. The molecule has 0 heterocycles. The number of amides is 2. The molecule has 82 valence electrons. The molecule has 6 nitrogen and oxygen atoms in total. The van der Waals surface area contributed by atoms with E-state index in [9.17, 15) is 9.59 Å². The van der Waals surface area contributed by atoms with E-state index < -0.39 is 18.0 Å². The van der Waals surface area contributed by atoms with Crippen LogP contribution in [0.2, 0.25) is 0 Å². The Hall–Kier alpha value is -1.30. The molecule has 14 heavy (non-hydrogen) atoms. The Morgan fingerprint density at radius 1 is 1.43 bits per heavy atom. The summed E-state index contributed by atoms with van der Waals surface area (Å²) in [5, 5.41) is 13.5. The highest BCUT2D eigenvalue weighted by atomic mass is 16.4. The molecule has 6 heteroatoms. The van der Waals surface area contributed by atoms with Crippen LogP contribution in [0, 0.1) is 5.92 Å². The summed E-state index contributed by atoms with van der Waals surface area (Å²) in [6, 6.07) is -1.37. The second-order valence-corrected chi connectivity index (χ2v) is 3.25. The van der Waals surface area contributed by atoms with Crippen LogP contribution in [0.1, 0.15) is 13.8 Å². The molecule has 0 rings (SSSR count). The number of carboxylic acids is 1. The first-order valence-electron chi connectivity index (χ1n) is 4.46. The van der Waals surface area contributed by atoms with Gasteiger partial charge in [-0.25, -0.2) is 9.59 Å². The lowest BCUT2D eigenvalue weighted by Gasteiger charge is -2.17. The summed E-state index contributed by atoms with van der Waals surface area (Å²) in [5.74, 6) is -1.20. The Morgan fingerprint density at radius 2 is 2.00 bits per heavy atom. The van der Waals surface area contributed by atoms with Crippen molar-refractivity contribution < 1.29 is 14.7 Å². The fourth-order valence-electron chi connectivity index (χ4n) is 0.892. The number of nitrogens with one attached hydrogen (secondary N) is 2. The minimum Gasteiger partial charge on any atom is -0.480 e. The Balaban J connectivity index is 4.04. The fourth-order valence-corrected chi connectivity index (χ4v) is 0.892. The van der Waals surface area contributed by atoms with Gasteiger partial charge in [-0.2, -0.15) is 0 Å². The zero-order valence-electron chi connectivity index (χ0n) is 8.41. The SMILES string of the molecule is CC(C)[C@H](NC(=O)NCCN)C(=O)O. The fraction of sp³-hybridized carbons (Fsp3) is 0.750. The molecule has 0 aromatic carbocycles. The van der Waals surface area contributed by atoms with Gasteiger partial charge in [0.05, 0.1) is 0 Å². The zero-order chi connectivity index (χ0) is 11.1. The number of carbonyl (C=O) groups excluding carboxylic acids is 1. The normalized spacial score (nSPS) is 12.3. The lowest BCUT2D eigenvalue weighted by atomic mass is 10.1. The number of nitrogens with two attached hydrogens (primary N) is 1. The van der Waals surface area contributed by atoms with Gasteiger partial charge in [-0.05, 0) is 5.92 Å². The van der Waals surface area contributed by atoms with E-state index in [1.807, 2.05) is 0 Å². The first kappa shape index (κ1) is 12.7. The zero-order valence-corrected chi connectivity index (χ0v) is 8.41. The molecule has 5 N–H and O–H groups in total. The summed E-state index contributed by atoms with van der Waals surface area (Å²) < 4.78 is 0. The third-order valence-corrected chi connectivity index (χ3v) is 1.65. The van der Waals surface area contributed by atoms with E-state index in [-0.39, 0.29) is 5.92 Å². The average molecular weight is 203 g/mol. The molecule has 0 saturated carbocycles. The van der Waals surface area contributed by atoms with Crippen molar-refractivity contribution in [2.45, 2.75) is 19.9 Å². The maximum Gasteiger partial charge on any atom is 0.326 e. The Labute approximate surface area is 82.9 Å². The van der Waals surface area contributed by atoms with Crippen molar-refractivity contribution in [3.05, 3.63) is 0 Å². The number of urea groups is 1. The van der Waals surface area contributed by atoms with Crippen molar-refractivity contribution in [1.82, 2.24) is 10.6 Å². The number of carbonyl (C=O) groups is 2. The van der Waals surface area contributed by atoms with E-state index >= 15 is 0 Å². The standard InChI is InChI=1S/C8H17N3O3/c1-5(2)6(7(12)13)11-8(14)10-4-3-9/h5-6H,3-4,9H2,1-2H3,(H,12,13)(H2,10,11,14)/t6-/m0/s1. The van der Waals surface area contributed by atoms with Gasteiger partial charge < -0.3 is 21.5 Å². The molecule has 0 radical (unpaired) electrons. The van der Waals surface area contributed by atoms with Crippen LogP contribution in [-0.4, -0.2) is 36.2 Å². The van der Waals surface area contributed by atoms with Crippen LogP contribution >= 0.6 is 0 Å². The summed E-state index contributed by atoms with van der Waals surface area (Å²) >= 11 is 0. The molecule has 0 aromatic heterocycles. The van der Waals surface area contributed by atoms with E-state index in [2.05, 4.69) is 10.6 Å². The summed E-state index contributed by atoms with van der Waals surface area (Å²) in [6.45, 7) is 4.10. The van der Waals surface area contributed by atoms with E-state index in [0.29, 0.717) is 13.1 Å². The third-order valence-electron chi connectivity index (χ3n) is 1.65. The van der Waals surface area contributed by atoms with Gasteiger partial charge in [0.2, 0.25) is 0 Å². The van der Waals surface area contributed by atoms with Crippen LogP contribution in [0.15, 0.2) is 0 Å². The molecule has 0 spiro atoms. The summed E-state index contributed by atoms with van der Waals surface area (Å²) in [7, 11) is 0. The van der Waals surface area contributed by atoms with E-state index in [1.165, 1.54) is 0 Å². The molecule has 0 unspecified atom stereocenters. The highest BCUT2D eigenvalue weighted by molar-refractivity contribution is 5.82. The van der Waals surface area contributed by atoms with Crippen molar-refractivity contribution in [1.29, 1.82) is 0 Å². The van der Waals surface area contributed by atoms with Gasteiger partial charge in [0.25, 0.3) is 0 Å². The van der Waals surface area contributed by atoms with Crippen molar-refractivity contribution in [3.63, 3.8) is 0 Å². The topological polar surface area (TPSA) is 104 Å². The minimum absolute atomic E-state index is 0.156. The Kier molecular flexibility index (Phi) is 5.62. The molecule has 0 bridgehead atoms. The molecule has 0 saturated heterocycles. The van der Waals surface area contributed by atoms with Crippen LogP contribution in [0.4, 0.5) is 4.79 Å². The summed E-state index contributed by atoms with van der Waals surface area (Å²) in [4.78, 5) is 21.8. The van der Waals surface area contributed by atoms with Crippen LogP contribution in [0.3, 0.4) is 0 Å². The summed E-state index contributed by atoms with van der Waals surface area (Å²) in [5.41, 5.74) is 5.17. The number of hydrogen-bond acceptors (Lipinski definition) is 3. The van der Waals surface area contributed by atoms with Crippen molar-refractivity contribution >= 4 is 12.0 Å². The number of aliphatic carboxylic acids is 1. The van der Waals surface area contributed by atoms with Crippen LogP contribution in [-0.2, 0) is 4.79 Å². The maximum atomic E-state index is 11.1. The van der Waals surface area contributed by atoms with Gasteiger partial charge in [-0.15, -0.1) is 0 Å². The Bertz CT molecular complexity index is 206. The molecular formula is C8H17N3O3. The number of rotatable bonds is 5. The van der Waals surface area contributed by atoms with Crippen LogP contribution < -0.4 is 16.4 Å². The molecule has 2 amide bonds. The Morgan fingerprint density at radius 3 is 2.36 bits per heavy atom. The first-order valence-corrected chi connectivity index (χ1v) is 4.46. The third kappa shape index (κ3) is 4.66. The molecule has 0 aliphatic rings. The predicted octanol–water partition coefficient (Wildman–Crippen LogP) is -0.646. The average Bonchev–Trinajstić information content (AvgIpc) is 2.09. The molecule has 0 aliphatic carbocycles. The summed E-state index contributed by atoms with van der Waals surface area (Å²) in [6.07, 6.45) is 0. The van der Waals surface area contributed by atoms with E-state index in [1.54, 1.807) is 13.8 Å². The van der Waals surface area contributed by atoms with Crippen LogP contribution in [0.5, 0.6) is 0 Å². The monoisotopic (exact) mass is 203 g/mol. The minimum atomic E-state index is -1.04. The number of hydrogen-bond donors (Lipinski definition) is 4. The van der Waals surface area contributed by atoms with Gasteiger partial charge in [0.1, 0.15) is 6.04 Å². The molecule has 0 fully saturated rings. The lowest BCUT2D eigenvalue weighted by Crippen LogP contribution is -2.49. The van der Waals surface area contributed by atoms with Gasteiger partial charge in [0, 0.05) is 13.1 Å². The lowest BCUT2D eigenvalue weighted by molar-refractivity contribution is -0.140. The second-order valence-electron chi connectivity index (χ2n) is 3.25. The van der Waals surface area contributed by atoms with Crippen molar-refractivity contribution in [2.75, 3.05) is 13.1 Å². The molecule has 1 atom stereocenters. The van der Waals surface area contributed by atoms with Gasteiger partial charge >= 0.3 is 12.0 Å². The number of carboxylic acid groups (broad SMARTS) is 1. The molecule has 0 aliphatic heterocycles. The predicted molar refractivity (Wildman–Crippen MR) is 51.9 cm³/mol. The second kappa shape index (κ2) is 6.20. The highest BCUT2D eigenvalue weighted by Gasteiger charge is 2.22. The van der Waals surface area contributed by atoms with Gasteiger partial charge in [-0.3, -0.25) is 0 Å². The van der Waals surface area contributed by atoms with Crippen molar-refractivity contribution in [3.8, 4) is 0 Å².